The van der Waals surface area contributed by atoms with Gasteiger partial charge < -0.3 is 4.57 Å². The maximum Gasteiger partial charge on any atom is 0.127 e. The molecule has 1 aliphatic rings. The second kappa shape index (κ2) is 6.44. The van der Waals surface area contributed by atoms with Crippen molar-refractivity contribution in [3.05, 3.63) is 42.7 Å². The summed E-state index contributed by atoms with van der Waals surface area (Å²) in [5.74, 6) is 1.18. The van der Waals surface area contributed by atoms with Crippen LogP contribution in [0.4, 0.5) is 0 Å². The van der Waals surface area contributed by atoms with Crippen LogP contribution in [-0.2, 0) is 6.54 Å². The summed E-state index contributed by atoms with van der Waals surface area (Å²) in [4.78, 5) is 7.50. The van der Waals surface area contributed by atoms with Gasteiger partial charge in [0.05, 0.1) is 17.1 Å². The van der Waals surface area contributed by atoms with Crippen LogP contribution in [0.2, 0.25) is 0 Å². The van der Waals surface area contributed by atoms with Crippen LogP contribution >= 0.6 is 0 Å². The molecule has 3 nitrogen and oxygen atoms in total. The molecule has 0 unspecified atom stereocenters. The molecule has 1 fully saturated rings. The van der Waals surface area contributed by atoms with E-state index in [1.165, 1.54) is 50.1 Å². The van der Waals surface area contributed by atoms with Crippen LogP contribution in [0.25, 0.3) is 11.0 Å². The normalized spacial score (nSPS) is 18.5. The van der Waals surface area contributed by atoms with Gasteiger partial charge in [-0.25, -0.2) is 4.98 Å². The zero-order valence-corrected chi connectivity index (χ0v) is 13.0. The minimum absolute atomic E-state index is 0.371. The minimum Gasteiger partial charge on any atom is -0.323 e. The second-order valence-electron chi connectivity index (χ2n) is 5.98. The Morgan fingerprint density at radius 3 is 2.62 bits per heavy atom. The smallest absolute Gasteiger partial charge is 0.127 e. The van der Waals surface area contributed by atoms with Gasteiger partial charge in [0.2, 0.25) is 0 Å². The number of allylic oxidation sites excluding steroid dienone is 1. The predicted octanol–water partition coefficient (Wildman–Crippen LogP) is 4.16. The molecule has 2 aromatic rings. The van der Waals surface area contributed by atoms with Crippen molar-refractivity contribution in [3.8, 4) is 0 Å². The van der Waals surface area contributed by atoms with E-state index in [-0.39, 0.29) is 0 Å². The highest BCUT2D eigenvalue weighted by Crippen LogP contribution is 2.26. The van der Waals surface area contributed by atoms with E-state index < -0.39 is 0 Å². The topological polar surface area (TPSA) is 21.1 Å². The van der Waals surface area contributed by atoms with E-state index in [2.05, 4.69) is 47.2 Å². The summed E-state index contributed by atoms with van der Waals surface area (Å²) in [6.45, 7) is 9.42. The third-order valence-corrected chi connectivity index (χ3v) is 4.56. The summed E-state index contributed by atoms with van der Waals surface area (Å²) in [6.07, 6.45) is 7.32. The number of hydrogen-bond acceptors (Lipinski definition) is 2. The summed E-state index contributed by atoms with van der Waals surface area (Å²) < 4.78 is 2.32. The summed E-state index contributed by atoms with van der Waals surface area (Å²) >= 11 is 0. The Balaban J connectivity index is 1.97. The number of benzene rings is 1. The van der Waals surface area contributed by atoms with Gasteiger partial charge in [-0.1, -0.05) is 31.1 Å². The van der Waals surface area contributed by atoms with Crippen molar-refractivity contribution < 1.29 is 0 Å². The molecule has 0 spiro atoms. The lowest BCUT2D eigenvalue weighted by Gasteiger charge is -2.27. The zero-order chi connectivity index (χ0) is 14.7. The maximum absolute atomic E-state index is 4.91. The summed E-state index contributed by atoms with van der Waals surface area (Å²) in [5.41, 5.74) is 2.31. The first kappa shape index (κ1) is 14.3. The van der Waals surface area contributed by atoms with Crippen LogP contribution in [0.5, 0.6) is 0 Å². The Bertz CT molecular complexity index is 606. The van der Waals surface area contributed by atoms with Crippen LogP contribution in [0.1, 0.15) is 44.5 Å². The molecule has 3 heteroatoms. The van der Waals surface area contributed by atoms with E-state index in [0.717, 1.165) is 12.1 Å². The molecule has 1 aromatic heterocycles. The van der Waals surface area contributed by atoms with Gasteiger partial charge in [0, 0.05) is 6.54 Å². The Morgan fingerprint density at radius 2 is 1.90 bits per heavy atom. The van der Waals surface area contributed by atoms with Gasteiger partial charge in [0.25, 0.3) is 0 Å². The van der Waals surface area contributed by atoms with Crippen molar-refractivity contribution in [2.24, 2.45) is 0 Å². The molecule has 3 rings (SSSR count). The Labute approximate surface area is 127 Å². The Kier molecular flexibility index (Phi) is 4.39. The van der Waals surface area contributed by atoms with Crippen LogP contribution in [0.3, 0.4) is 0 Å². The van der Waals surface area contributed by atoms with Gasteiger partial charge in [-0.15, -0.1) is 6.58 Å². The first-order valence-electron chi connectivity index (χ1n) is 8.11. The third kappa shape index (κ3) is 2.88. The molecular formula is C18H25N3. The summed E-state index contributed by atoms with van der Waals surface area (Å²) in [7, 11) is 0. The van der Waals surface area contributed by atoms with Crippen molar-refractivity contribution in [2.45, 2.75) is 45.2 Å². The quantitative estimate of drug-likeness (QED) is 0.786. The fraction of sp³-hybridized carbons (Fsp3) is 0.500. The molecule has 0 N–H and O–H groups in total. The molecule has 21 heavy (non-hydrogen) atoms. The number of aromatic nitrogens is 2. The molecule has 0 amide bonds. The number of rotatable bonds is 4. The molecule has 0 radical (unpaired) electrons. The number of imidazole rings is 1. The van der Waals surface area contributed by atoms with Gasteiger partial charge in [-0.2, -0.15) is 0 Å². The SMILES string of the molecule is C=CCn1c([C@@H](C)N2CCCCCC2)nc2ccccc21. The number of hydrogen-bond donors (Lipinski definition) is 0. The van der Waals surface area contributed by atoms with Gasteiger partial charge in [0.1, 0.15) is 5.82 Å². The van der Waals surface area contributed by atoms with Crippen molar-refractivity contribution >= 4 is 11.0 Å². The molecule has 1 aromatic carbocycles. The second-order valence-corrected chi connectivity index (χ2v) is 5.98. The fourth-order valence-corrected chi connectivity index (χ4v) is 3.38. The van der Waals surface area contributed by atoms with E-state index in [9.17, 15) is 0 Å². The zero-order valence-electron chi connectivity index (χ0n) is 13.0. The fourth-order valence-electron chi connectivity index (χ4n) is 3.38. The molecule has 0 bridgehead atoms. The highest BCUT2D eigenvalue weighted by atomic mass is 15.2. The van der Waals surface area contributed by atoms with Gasteiger partial charge in [-0.05, 0) is 45.0 Å². The van der Waals surface area contributed by atoms with E-state index in [1.54, 1.807) is 0 Å². The van der Waals surface area contributed by atoms with E-state index in [1.807, 2.05) is 6.08 Å². The molecule has 1 aliphatic heterocycles. The van der Waals surface area contributed by atoms with Gasteiger partial charge in [0.15, 0.2) is 0 Å². The first-order valence-corrected chi connectivity index (χ1v) is 8.11. The monoisotopic (exact) mass is 283 g/mol. The van der Waals surface area contributed by atoms with E-state index in [0.29, 0.717) is 6.04 Å². The average molecular weight is 283 g/mol. The third-order valence-electron chi connectivity index (χ3n) is 4.56. The first-order chi connectivity index (χ1) is 10.3. The van der Waals surface area contributed by atoms with E-state index >= 15 is 0 Å². The van der Waals surface area contributed by atoms with Gasteiger partial charge >= 0.3 is 0 Å². The molecule has 1 saturated heterocycles. The largest absolute Gasteiger partial charge is 0.323 e. The average Bonchev–Trinajstić information content (AvgIpc) is 2.70. The minimum atomic E-state index is 0.371. The lowest BCUT2D eigenvalue weighted by atomic mass is 10.2. The lowest BCUT2D eigenvalue weighted by Crippen LogP contribution is -2.30. The van der Waals surface area contributed by atoms with Crippen molar-refractivity contribution in [2.75, 3.05) is 13.1 Å². The number of likely N-dealkylation sites (tertiary alicyclic amines) is 1. The highest BCUT2D eigenvalue weighted by Gasteiger charge is 2.22. The van der Waals surface area contributed by atoms with Gasteiger partial charge in [-0.3, -0.25) is 4.90 Å². The van der Waals surface area contributed by atoms with Crippen molar-refractivity contribution in [1.82, 2.24) is 14.5 Å². The van der Waals surface area contributed by atoms with Crippen LogP contribution < -0.4 is 0 Å². The molecule has 112 valence electrons. The number of nitrogens with zero attached hydrogens (tertiary/aromatic N) is 3. The van der Waals surface area contributed by atoms with Crippen LogP contribution in [0.15, 0.2) is 36.9 Å². The van der Waals surface area contributed by atoms with E-state index in [4.69, 9.17) is 4.98 Å². The van der Waals surface area contributed by atoms with Crippen molar-refractivity contribution in [3.63, 3.8) is 0 Å². The van der Waals surface area contributed by atoms with Crippen LogP contribution in [-0.4, -0.2) is 27.5 Å². The molecule has 1 atom stereocenters. The number of fused-ring (bicyclic) bond motifs is 1. The molecule has 2 heterocycles. The van der Waals surface area contributed by atoms with Crippen molar-refractivity contribution in [1.29, 1.82) is 0 Å². The standard InChI is InChI=1S/C18H25N3/c1-3-12-21-17-11-7-6-10-16(17)19-18(21)15(2)20-13-8-4-5-9-14-20/h3,6-7,10-11,15H,1,4-5,8-9,12-14H2,2H3/t15-/m1/s1. The summed E-state index contributed by atoms with van der Waals surface area (Å²) in [5, 5.41) is 0. The molecule has 0 saturated carbocycles. The summed E-state index contributed by atoms with van der Waals surface area (Å²) in [6, 6.07) is 8.78. The van der Waals surface area contributed by atoms with Crippen LogP contribution in [0, 0.1) is 0 Å². The molecular weight excluding hydrogens is 258 g/mol. The lowest BCUT2D eigenvalue weighted by molar-refractivity contribution is 0.208. The Hall–Kier alpha value is -1.61. The number of para-hydroxylation sites is 2. The Morgan fingerprint density at radius 1 is 1.19 bits per heavy atom. The predicted molar refractivity (Wildman–Crippen MR) is 88.4 cm³/mol. The molecule has 0 aliphatic carbocycles. The highest BCUT2D eigenvalue weighted by molar-refractivity contribution is 5.76. The maximum atomic E-state index is 4.91.